The number of nitro groups is 1. The number of hydrogen-bond donors (Lipinski definition) is 1. The van der Waals surface area contributed by atoms with Gasteiger partial charge in [0.1, 0.15) is 6.61 Å². The lowest BCUT2D eigenvalue weighted by Gasteiger charge is -2.24. The van der Waals surface area contributed by atoms with Crippen molar-refractivity contribution < 1.29 is 19.2 Å². The summed E-state index contributed by atoms with van der Waals surface area (Å²) in [6.45, 7) is 0.511. The zero-order chi connectivity index (χ0) is 19.3. The fourth-order valence-corrected chi connectivity index (χ4v) is 3.26. The number of likely N-dealkylation sites (tertiary alicyclic amines) is 1. The summed E-state index contributed by atoms with van der Waals surface area (Å²) in [6.07, 6.45) is 1.20. The molecule has 0 N–H and O–H groups in total. The number of ether oxygens (including phenoxy) is 1. The normalized spacial score (nSPS) is 19.3. The maximum absolute atomic E-state index is 12.4. The molecule has 0 radical (unpaired) electrons. The van der Waals surface area contributed by atoms with Crippen LogP contribution in [-0.2, 0) is 16.1 Å². The number of rotatable bonds is 6. The fourth-order valence-electron chi connectivity index (χ4n) is 2.84. The van der Waals surface area contributed by atoms with Crippen LogP contribution in [0.1, 0.15) is 24.8 Å². The van der Waals surface area contributed by atoms with Gasteiger partial charge in [0.25, 0.3) is 5.69 Å². The molecule has 8 nitrogen and oxygen atoms in total. The van der Waals surface area contributed by atoms with E-state index in [-0.39, 0.29) is 29.5 Å². The number of carbonyl (C=O) groups excluding carboxylic acids is 2. The lowest BCUT2D eigenvalue weighted by atomic mass is 10.1. The lowest BCUT2D eigenvalue weighted by molar-refractivity contribution is -0.384. The molecule has 0 bridgehead atoms. The minimum Gasteiger partial charge on any atom is -0.445 e. The number of hydrogen-bond acceptors (Lipinski definition) is 6. The van der Waals surface area contributed by atoms with Crippen molar-refractivity contribution in [2.24, 2.45) is 0 Å². The smallest absolute Gasteiger partial charge is 0.410 e. The van der Waals surface area contributed by atoms with Gasteiger partial charge in [-0.05, 0) is 30.5 Å². The van der Waals surface area contributed by atoms with Gasteiger partial charge in [0.15, 0.2) is 0 Å². The number of nitro benzene ring substituents is 1. The van der Waals surface area contributed by atoms with Crippen LogP contribution in [0.4, 0.5) is 10.5 Å². The molecule has 9 heteroatoms. The summed E-state index contributed by atoms with van der Waals surface area (Å²) in [5.74, 6) is 0.0202. The van der Waals surface area contributed by atoms with Gasteiger partial charge in [-0.25, -0.2) is 4.79 Å². The van der Waals surface area contributed by atoms with Crippen LogP contribution in [-0.4, -0.2) is 58.7 Å². The second-order valence-corrected chi connectivity index (χ2v) is 7.23. The van der Waals surface area contributed by atoms with Crippen LogP contribution in [0.3, 0.4) is 0 Å². The Kier molecular flexibility index (Phi) is 6.84. The predicted molar refractivity (Wildman–Crippen MR) is 99.1 cm³/mol. The minimum absolute atomic E-state index is 0.0110. The molecule has 0 spiro atoms. The van der Waals surface area contributed by atoms with E-state index in [0.717, 1.165) is 6.42 Å². The van der Waals surface area contributed by atoms with Gasteiger partial charge in [-0.2, -0.15) is 12.6 Å². The molecule has 0 aromatic heterocycles. The van der Waals surface area contributed by atoms with E-state index < -0.39 is 11.0 Å². The highest BCUT2D eigenvalue weighted by atomic mass is 32.1. The fraction of sp³-hybridized carbons (Fsp3) is 0.529. The summed E-state index contributed by atoms with van der Waals surface area (Å²) in [5, 5.41) is 10.7. The van der Waals surface area contributed by atoms with Gasteiger partial charge in [0.05, 0.1) is 4.92 Å². The Morgan fingerprint density at radius 2 is 2.00 bits per heavy atom. The van der Waals surface area contributed by atoms with Crippen molar-refractivity contribution in [2.45, 2.75) is 37.2 Å². The van der Waals surface area contributed by atoms with E-state index in [2.05, 4.69) is 12.6 Å². The van der Waals surface area contributed by atoms with Crippen LogP contribution >= 0.6 is 12.6 Å². The van der Waals surface area contributed by atoms with Gasteiger partial charge in [-0.3, -0.25) is 14.9 Å². The molecule has 2 atom stereocenters. The highest BCUT2D eigenvalue weighted by molar-refractivity contribution is 7.81. The van der Waals surface area contributed by atoms with Crippen LogP contribution < -0.4 is 0 Å². The molecule has 1 aliphatic heterocycles. The second kappa shape index (κ2) is 8.88. The van der Waals surface area contributed by atoms with Crippen LogP contribution in [0.5, 0.6) is 0 Å². The molecule has 26 heavy (non-hydrogen) atoms. The molecule has 1 heterocycles. The van der Waals surface area contributed by atoms with Gasteiger partial charge >= 0.3 is 6.09 Å². The average molecular weight is 381 g/mol. The topological polar surface area (TPSA) is 93.0 Å². The summed E-state index contributed by atoms with van der Waals surface area (Å²) in [4.78, 5) is 37.5. The number of non-ortho nitro benzene ring substituents is 1. The summed E-state index contributed by atoms with van der Waals surface area (Å²) in [5.41, 5.74) is 0.660. The van der Waals surface area contributed by atoms with Crippen molar-refractivity contribution in [3.63, 3.8) is 0 Å². The van der Waals surface area contributed by atoms with E-state index in [0.29, 0.717) is 24.9 Å². The van der Waals surface area contributed by atoms with Gasteiger partial charge < -0.3 is 14.5 Å². The van der Waals surface area contributed by atoms with Crippen molar-refractivity contribution in [1.29, 1.82) is 0 Å². The number of benzene rings is 1. The molecule has 2 rings (SSSR count). The molecule has 1 aliphatic rings. The van der Waals surface area contributed by atoms with Crippen molar-refractivity contribution in [1.82, 2.24) is 9.80 Å². The molecule has 0 unspecified atom stereocenters. The highest BCUT2D eigenvalue weighted by Crippen LogP contribution is 2.26. The Morgan fingerprint density at radius 1 is 1.35 bits per heavy atom. The first-order valence-electron chi connectivity index (χ1n) is 8.33. The standard InChI is InChI=1S/C17H23N3O5S/c1-18(2)16(21)8-7-14-9-15(26)10-19(14)17(22)25-11-12-3-5-13(6-4-12)20(23)24/h3-6,14-15,26H,7-11H2,1-2H3/t14-,15+/m1/s1. The zero-order valence-electron chi connectivity index (χ0n) is 14.8. The minimum atomic E-state index is -0.480. The molecule has 142 valence electrons. The Hall–Kier alpha value is -2.29. The van der Waals surface area contributed by atoms with Crippen LogP contribution in [0, 0.1) is 10.1 Å². The first-order chi connectivity index (χ1) is 12.3. The first-order valence-corrected chi connectivity index (χ1v) is 8.84. The van der Waals surface area contributed by atoms with E-state index in [4.69, 9.17) is 4.74 Å². The summed E-state index contributed by atoms with van der Waals surface area (Å²) in [7, 11) is 3.41. The summed E-state index contributed by atoms with van der Waals surface area (Å²) >= 11 is 4.45. The summed E-state index contributed by atoms with van der Waals surface area (Å²) < 4.78 is 5.33. The number of thiol groups is 1. The molecule has 0 aliphatic carbocycles. The lowest BCUT2D eigenvalue weighted by Crippen LogP contribution is -2.37. The van der Waals surface area contributed by atoms with Crippen LogP contribution in [0.15, 0.2) is 24.3 Å². The van der Waals surface area contributed by atoms with Gasteiger partial charge in [0.2, 0.25) is 5.91 Å². The monoisotopic (exact) mass is 381 g/mol. The van der Waals surface area contributed by atoms with Crippen molar-refractivity contribution >= 4 is 30.3 Å². The van der Waals surface area contributed by atoms with Crippen LogP contribution in [0.2, 0.25) is 0 Å². The Balaban J connectivity index is 1.89. The average Bonchev–Trinajstić information content (AvgIpc) is 2.98. The van der Waals surface area contributed by atoms with E-state index in [1.807, 2.05) is 0 Å². The van der Waals surface area contributed by atoms with Crippen molar-refractivity contribution in [3.05, 3.63) is 39.9 Å². The van der Waals surface area contributed by atoms with Gasteiger partial charge in [-0.1, -0.05) is 0 Å². The Bertz CT molecular complexity index is 665. The summed E-state index contributed by atoms with van der Waals surface area (Å²) in [6, 6.07) is 5.79. The number of nitrogens with zero attached hydrogens (tertiary/aromatic N) is 3. The van der Waals surface area contributed by atoms with E-state index in [9.17, 15) is 19.7 Å². The SMILES string of the molecule is CN(C)C(=O)CC[C@@H]1C[C@H](S)CN1C(=O)OCc1ccc([N+](=O)[O-])cc1. The van der Waals surface area contributed by atoms with Crippen molar-refractivity contribution in [2.75, 3.05) is 20.6 Å². The molecular formula is C17H23N3O5S. The first kappa shape index (κ1) is 20.0. The molecule has 1 saturated heterocycles. The van der Waals surface area contributed by atoms with Gasteiger partial charge in [-0.15, -0.1) is 0 Å². The third kappa shape index (κ3) is 5.35. The quantitative estimate of drug-likeness (QED) is 0.464. The molecule has 1 fully saturated rings. The van der Waals surface area contributed by atoms with Crippen molar-refractivity contribution in [3.8, 4) is 0 Å². The van der Waals surface area contributed by atoms with Crippen LogP contribution in [0.25, 0.3) is 0 Å². The Morgan fingerprint density at radius 3 is 2.58 bits per heavy atom. The third-order valence-electron chi connectivity index (χ3n) is 4.33. The second-order valence-electron chi connectivity index (χ2n) is 6.50. The predicted octanol–water partition coefficient (Wildman–Crippen LogP) is 2.47. The maximum atomic E-state index is 12.4. The largest absolute Gasteiger partial charge is 0.445 e. The molecule has 1 aromatic carbocycles. The van der Waals surface area contributed by atoms with Gasteiger partial charge in [0, 0.05) is 50.5 Å². The molecule has 2 amide bonds. The maximum Gasteiger partial charge on any atom is 0.410 e. The number of carbonyl (C=O) groups is 2. The third-order valence-corrected chi connectivity index (χ3v) is 4.70. The van der Waals surface area contributed by atoms with E-state index >= 15 is 0 Å². The molecule has 0 saturated carbocycles. The number of amides is 2. The van der Waals surface area contributed by atoms with E-state index in [1.54, 1.807) is 31.1 Å². The zero-order valence-corrected chi connectivity index (χ0v) is 15.7. The van der Waals surface area contributed by atoms with E-state index in [1.165, 1.54) is 17.0 Å². The molecule has 1 aromatic rings. The molecular weight excluding hydrogens is 358 g/mol. The highest BCUT2D eigenvalue weighted by Gasteiger charge is 2.34. The Labute approximate surface area is 157 Å².